The van der Waals surface area contributed by atoms with Crippen LogP contribution in [0, 0.1) is 0 Å². The summed E-state index contributed by atoms with van der Waals surface area (Å²) in [7, 11) is -3.78. The van der Waals surface area contributed by atoms with Gasteiger partial charge in [-0.1, -0.05) is 17.7 Å². The number of rotatable bonds is 6. The number of hydrogen-bond acceptors (Lipinski definition) is 4. The second-order valence-electron chi connectivity index (χ2n) is 5.39. The predicted molar refractivity (Wildman–Crippen MR) is 98.6 cm³/mol. The lowest BCUT2D eigenvalue weighted by atomic mass is 10.2. The van der Waals surface area contributed by atoms with E-state index in [-0.39, 0.29) is 17.0 Å². The molecule has 26 heavy (non-hydrogen) atoms. The Morgan fingerprint density at radius 1 is 1.04 bits per heavy atom. The Balaban J connectivity index is 1.74. The van der Waals surface area contributed by atoms with Crippen molar-refractivity contribution in [3.05, 3.63) is 83.3 Å². The molecule has 6 nitrogen and oxygen atoms in total. The van der Waals surface area contributed by atoms with Crippen LogP contribution in [0.15, 0.2) is 76.2 Å². The second kappa shape index (κ2) is 7.74. The van der Waals surface area contributed by atoms with Gasteiger partial charge in [0.2, 0.25) is 10.0 Å². The minimum atomic E-state index is -3.78. The lowest BCUT2D eigenvalue weighted by molar-refractivity contribution is 0.102. The average Bonchev–Trinajstić information content (AvgIpc) is 3.16. The van der Waals surface area contributed by atoms with E-state index in [4.69, 9.17) is 16.0 Å². The molecule has 2 aromatic carbocycles. The first kappa shape index (κ1) is 18.2. The van der Waals surface area contributed by atoms with Gasteiger partial charge in [0.25, 0.3) is 5.91 Å². The van der Waals surface area contributed by atoms with Gasteiger partial charge in [-0.05, 0) is 54.6 Å². The van der Waals surface area contributed by atoms with Crippen LogP contribution in [0.5, 0.6) is 0 Å². The Morgan fingerprint density at radius 2 is 1.81 bits per heavy atom. The van der Waals surface area contributed by atoms with Crippen LogP contribution in [0.4, 0.5) is 5.69 Å². The van der Waals surface area contributed by atoms with Gasteiger partial charge in [0.1, 0.15) is 5.76 Å². The maximum Gasteiger partial charge on any atom is 0.255 e. The highest BCUT2D eigenvalue weighted by Gasteiger charge is 2.16. The number of hydrogen-bond donors (Lipinski definition) is 2. The molecule has 0 saturated heterocycles. The molecule has 3 rings (SSSR count). The number of furan rings is 1. The molecule has 0 aliphatic rings. The molecule has 0 radical (unpaired) electrons. The summed E-state index contributed by atoms with van der Waals surface area (Å²) < 4.78 is 32.3. The van der Waals surface area contributed by atoms with Crippen LogP contribution in [-0.4, -0.2) is 14.3 Å². The van der Waals surface area contributed by atoms with Crippen molar-refractivity contribution in [2.45, 2.75) is 11.4 Å². The summed E-state index contributed by atoms with van der Waals surface area (Å²) >= 11 is 5.81. The summed E-state index contributed by atoms with van der Waals surface area (Å²) in [5.74, 6) is 0.0700. The van der Waals surface area contributed by atoms with Gasteiger partial charge in [-0.25, -0.2) is 13.1 Å². The summed E-state index contributed by atoms with van der Waals surface area (Å²) in [6, 6.07) is 15.7. The summed E-state index contributed by atoms with van der Waals surface area (Å²) in [6.07, 6.45) is 1.46. The number of amides is 1. The maximum atomic E-state index is 12.4. The molecule has 2 N–H and O–H groups in total. The average molecular weight is 391 g/mol. The highest BCUT2D eigenvalue weighted by molar-refractivity contribution is 7.89. The molecule has 1 heterocycles. The third-order valence-corrected chi connectivity index (χ3v) is 5.18. The van der Waals surface area contributed by atoms with E-state index in [1.54, 1.807) is 36.4 Å². The number of halogens is 1. The Kier molecular flexibility index (Phi) is 5.41. The molecule has 0 fully saturated rings. The van der Waals surface area contributed by atoms with Crippen LogP contribution in [-0.2, 0) is 16.6 Å². The zero-order valence-corrected chi connectivity index (χ0v) is 15.0. The summed E-state index contributed by atoms with van der Waals surface area (Å²) in [6.45, 7) is 0.0243. The molecule has 0 saturated carbocycles. The lowest BCUT2D eigenvalue weighted by Gasteiger charge is -2.08. The van der Waals surface area contributed by atoms with Crippen molar-refractivity contribution >= 4 is 33.2 Å². The minimum Gasteiger partial charge on any atom is -0.468 e. The maximum absolute atomic E-state index is 12.4. The smallest absolute Gasteiger partial charge is 0.255 e. The molecular weight excluding hydrogens is 376 g/mol. The van der Waals surface area contributed by atoms with Crippen molar-refractivity contribution < 1.29 is 17.6 Å². The molecule has 0 bridgehead atoms. The van der Waals surface area contributed by atoms with Crippen LogP contribution in [0.25, 0.3) is 0 Å². The first-order valence-electron chi connectivity index (χ1n) is 7.63. The van der Waals surface area contributed by atoms with E-state index >= 15 is 0 Å². The normalized spacial score (nSPS) is 11.3. The fourth-order valence-corrected chi connectivity index (χ4v) is 3.37. The number of anilines is 1. The highest BCUT2D eigenvalue weighted by atomic mass is 35.5. The first-order chi connectivity index (χ1) is 12.4. The molecule has 3 aromatic rings. The van der Waals surface area contributed by atoms with Crippen LogP contribution in [0.1, 0.15) is 16.1 Å². The van der Waals surface area contributed by atoms with Gasteiger partial charge in [-0.3, -0.25) is 4.79 Å². The van der Waals surface area contributed by atoms with Gasteiger partial charge in [0.15, 0.2) is 0 Å². The van der Waals surface area contributed by atoms with Crippen molar-refractivity contribution in [3.8, 4) is 0 Å². The zero-order chi connectivity index (χ0) is 18.6. The van der Waals surface area contributed by atoms with Crippen molar-refractivity contribution in [2.24, 2.45) is 0 Å². The number of sulfonamides is 1. The van der Waals surface area contributed by atoms with Gasteiger partial charge in [-0.2, -0.15) is 0 Å². The van der Waals surface area contributed by atoms with E-state index in [0.717, 1.165) is 0 Å². The van der Waals surface area contributed by atoms with Gasteiger partial charge >= 0.3 is 0 Å². The number of nitrogens with one attached hydrogen (secondary N) is 2. The molecule has 1 amide bonds. The summed E-state index contributed by atoms with van der Waals surface area (Å²) in [5, 5.41) is 3.25. The zero-order valence-electron chi connectivity index (χ0n) is 13.5. The fourth-order valence-electron chi connectivity index (χ4n) is 2.20. The molecule has 0 aliphatic carbocycles. The Morgan fingerprint density at radius 3 is 2.50 bits per heavy atom. The van der Waals surface area contributed by atoms with Crippen molar-refractivity contribution in [1.82, 2.24) is 4.72 Å². The number of benzene rings is 2. The van der Waals surface area contributed by atoms with Crippen LogP contribution in [0.3, 0.4) is 0 Å². The Hall–Kier alpha value is -2.61. The molecule has 1 aromatic heterocycles. The van der Waals surface area contributed by atoms with Crippen LogP contribution < -0.4 is 10.0 Å². The number of carbonyl (C=O) groups excluding carboxylic acids is 1. The molecule has 8 heteroatoms. The van der Waals surface area contributed by atoms with Gasteiger partial charge < -0.3 is 9.73 Å². The predicted octanol–water partition coefficient (Wildman–Crippen LogP) is 3.66. The van der Waals surface area contributed by atoms with Crippen molar-refractivity contribution in [3.63, 3.8) is 0 Å². The standard InChI is InChI=1S/C18H15ClN2O4S/c19-14-6-8-15(9-7-14)21-18(22)13-3-1-5-17(11-13)26(23,24)20-12-16-4-2-10-25-16/h1-11,20H,12H2,(H,21,22). The fraction of sp³-hybridized carbons (Fsp3) is 0.0556. The van der Waals surface area contributed by atoms with Gasteiger partial charge in [0, 0.05) is 16.3 Å². The van der Waals surface area contributed by atoms with Crippen molar-refractivity contribution in [2.75, 3.05) is 5.32 Å². The van der Waals surface area contributed by atoms with E-state index in [0.29, 0.717) is 16.5 Å². The Bertz CT molecular complexity index is 1000. The minimum absolute atomic E-state index is 0.00666. The SMILES string of the molecule is O=C(Nc1ccc(Cl)cc1)c1cccc(S(=O)(=O)NCc2ccco2)c1. The van der Waals surface area contributed by atoms with Crippen molar-refractivity contribution in [1.29, 1.82) is 0 Å². The van der Waals surface area contributed by atoms with Gasteiger partial charge in [-0.15, -0.1) is 0 Å². The molecular formula is C18H15ClN2O4S. The highest BCUT2D eigenvalue weighted by Crippen LogP contribution is 2.16. The molecule has 0 atom stereocenters. The van der Waals surface area contributed by atoms with E-state index < -0.39 is 15.9 Å². The first-order valence-corrected chi connectivity index (χ1v) is 9.49. The van der Waals surface area contributed by atoms with E-state index in [2.05, 4.69) is 10.0 Å². The third-order valence-electron chi connectivity index (χ3n) is 3.53. The van der Waals surface area contributed by atoms with Crippen LogP contribution >= 0.6 is 11.6 Å². The Labute approximate surface area is 155 Å². The second-order valence-corrected chi connectivity index (χ2v) is 7.60. The third kappa shape index (κ3) is 4.51. The molecule has 0 spiro atoms. The molecule has 134 valence electrons. The quantitative estimate of drug-likeness (QED) is 0.672. The summed E-state index contributed by atoms with van der Waals surface area (Å²) in [4.78, 5) is 12.3. The molecule has 0 unspecified atom stereocenters. The lowest BCUT2D eigenvalue weighted by Crippen LogP contribution is -2.23. The van der Waals surface area contributed by atoms with Crippen LogP contribution in [0.2, 0.25) is 5.02 Å². The largest absolute Gasteiger partial charge is 0.468 e. The van der Waals surface area contributed by atoms with E-state index in [1.807, 2.05) is 0 Å². The number of carbonyl (C=O) groups is 1. The molecule has 0 aliphatic heterocycles. The summed E-state index contributed by atoms with van der Waals surface area (Å²) in [5.41, 5.74) is 0.782. The monoisotopic (exact) mass is 390 g/mol. The van der Waals surface area contributed by atoms with E-state index in [1.165, 1.54) is 30.5 Å². The van der Waals surface area contributed by atoms with Gasteiger partial charge in [0.05, 0.1) is 17.7 Å². The topological polar surface area (TPSA) is 88.4 Å². The van der Waals surface area contributed by atoms with E-state index in [9.17, 15) is 13.2 Å².